The Balaban J connectivity index is 1.90. The van der Waals surface area contributed by atoms with Crippen molar-refractivity contribution in [3.05, 3.63) is 28.7 Å². The molecule has 0 bridgehead atoms. The Morgan fingerprint density at radius 1 is 1.30 bits per heavy atom. The van der Waals surface area contributed by atoms with Gasteiger partial charge in [0.1, 0.15) is 17.9 Å². The Labute approximate surface area is 126 Å². The van der Waals surface area contributed by atoms with Crippen molar-refractivity contribution in [1.29, 1.82) is 0 Å². The van der Waals surface area contributed by atoms with E-state index in [1.54, 1.807) is 6.92 Å². The summed E-state index contributed by atoms with van der Waals surface area (Å²) in [5, 5.41) is 2.71. The summed E-state index contributed by atoms with van der Waals surface area (Å²) in [6.45, 7) is 4.14. The standard InChI is InChI=1S/C14H17BrN2O3/c1-3-14(2)12(18)17(13(19)16-14)8-9-20-11-6-4-10(15)5-7-11/h4-7H,3,8-9H2,1-2H3,(H,16,19). The van der Waals surface area contributed by atoms with Crippen LogP contribution in [-0.4, -0.2) is 35.5 Å². The van der Waals surface area contributed by atoms with Gasteiger partial charge in [-0.3, -0.25) is 9.69 Å². The molecule has 5 nitrogen and oxygen atoms in total. The second kappa shape index (κ2) is 5.83. The van der Waals surface area contributed by atoms with E-state index in [0.29, 0.717) is 12.2 Å². The molecule has 0 saturated carbocycles. The fourth-order valence-electron chi connectivity index (χ4n) is 1.98. The van der Waals surface area contributed by atoms with Crippen LogP contribution in [0.25, 0.3) is 0 Å². The predicted octanol–water partition coefficient (Wildman–Crippen LogP) is 2.55. The van der Waals surface area contributed by atoms with Gasteiger partial charge in [0.2, 0.25) is 0 Å². The lowest BCUT2D eigenvalue weighted by Gasteiger charge is -2.19. The third-order valence-corrected chi connectivity index (χ3v) is 3.98. The Morgan fingerprint density at radius 2 is 1.95 bits per heavy atom. The first-order chi connectivity index (χ1) is 9.46. The van der Waals surface area contributed by atoms with Crippen molar-refractivity contribution in [2.75, 3.05) is 13.2 Å². The maximum atomic E-state index is 12.1. The molecule has 0 spiro atoms. The third kappa shape index (κ3) is 2.95. The second-order valence-electron chi connectivity index (χ2n) is 4.87. The van der Waals surface area contributed by atoms with Gasteiger partial charge in [0.05, 0.1) is 6.54 Å². The van der Waals surface area contributed by atoms with Gasteiger partial charge >= 0.3 is 6.03 Å². The molecule has 1 aromatic rings. The summed E-state index contributed by atoms with van der Waals surface area (Å²) in [6.07, 6.45) is 0.571. The van der Waals surface area contributed by atoms with Gasteiger partial charge in [0.15, 0.2) is 0 Å². The lowest BCUT2D eigenvalue weighted by atomic mass is 9.99. The zero-order valence-corrected chi connectivity index (χ0v) is 13.1. The molecule has 1 aliphatic heterocycles. The van der Waals surface area contributed by atoms with E-state index in [2.05, 4.69) is 21.2 Å². The first kappa shape index (κ1) is 14.8. The average Bonchev–Trinajstić information content (AvgIpc) is 2.65. The molecule has 0 aromatic heterocycles. The number of nitrogens with zero attached hydrogens (tertiary/aromatic N) is 1. The normalized spacial score (nSPS) is 22.1. The number of rotatable bonds is 5. The molecular formula is C14H17BrN2O3. The van der Waals surface area contributed by atoms with E-state index >= 15 is 0 Å². The van der Waals surface area contributed by atoms with Crippen LogP contribution in [0.15, 0.2) is 28.7 Å². The number of halogens is 1. The van der Waals surface area contributed by atoms with Crippen LogP contribution in [0.3, 0.4) is 0 Å². The highest BCUT2D eigenvalue weighted by molar-refractivity contribution is 9.10. The van der Waals surface area contributed by atoms with Crippen LogP contribution in [0.5, 0.6) is 5.75 Å². The van der Waals surface area contributed by atoms with Gasteiger partial charge in [0.25, 0.3) is 5.91 Å². The minimum atomic E-state index is -0.783. The van der Waals surface area contributed by atoms with Crippen molar-refractivity contribution >= 4 is 27.9 Å². The molecule has 1 heterocycles. The van der Waals surface area contributed by atoms with E-state index in [1.165, 1.54) is 4.90 Å². The molecule has 2 rings (SSSR count). The molecule has 1 aliphatic rings. The molecular weight excluding hydrogens is 324 g/mol. The Hall–Kier alpha value is -1.56. The summed E-state index contributed by atoms with van der Waals surface area (Å²) in [5.74, 6) is 0.517. The van der Waals surface area contributed by atoms with E-state index < -0.39 is 5.54 Å². The summed E-state index contributed by atoms with van der Waals surface area (Å²) in [7, 11) is 0. The van der Waals surface area contributed by atoms with Crippen molar-refractivity contribution in [3.63, 3.8) is 0 Å². The molecule has 1 N–H and O–H groups in total. The molecule has 0 radical (unpaired) electrons. The minimum absolute atomic E-state index is 0.190. The average molecular weight is 341 g/mol. The summed E-state index contributed by atoms with van der Waals surface area (Å²) < 4.78 is 6.50. The molecule has 3 amide bonds. The molecule has 1 aromatic carbocycles. The minimum Gasteiger partial charge on any atom is -0.492 e. The summed E-state index contributed by atoms with van der Waals surface area (Å²) >= 11 is 3.34. The Kier molecular flexibility index (Phi) is 4.32. The van der Waals surface area contributed by atoms with Crippen LogP contribution in [0, 0.1) is 0 Å². The van der Waals surface area contributed by atoms with Gasteiger partial charge in [-0.2, -0.15) is 0 Å². The number of benzene rings is 1. The van der Waals surface area contributed by atoms with Gasteiger partial charge in [-0.15, -0.1) is 0 Å². The van der Waals surface area contributed by atoms with E-state index in [0.717, 1.165) is 4.47 Å². The Morgan fingerprint density at radius 3 is 2.50 bits per heavy atom. The van der Waals surface area contributed by atoms with Gasteiger partial charge in [-0.05, 0) is 37.6 Å². The second-order valence-corrected chi connectivity index (χ2v) is 5.79. The number of nitrogens with one attached hydrogen (secondary N) is 1. The zero-order chi connectivity index (χ0) is 14.8. The number of urea groups is 1. The van der Waals surface area contributed by atoms with Crippen molar-refractivity contribution < 1.29 is 14.3 Å². The predicted molar refractivity (Wildman–Crippen MR) is 78.6 cm³/mol. The van der Waals surface area contributed by atoms with E-state index in [9.17, 15) is 9.59 Å². The van der Waals surface area contributed by atoms with Crippen molar-refractivity contribution in [1.82, 2.24) is 10.2 Å². The maximum Gasteiger partial charge on any atom is 0.325 e. The van der Waals surface area contributed by atoms with E-state index in [4.69, 9.17) is 4.74 Å². The lowest BCUT2D eigenvalue weighted by Crippen LogP contribution is -2.43. The molecule has 1 saturated heterocycles. The Bertz CT molecular complexity index is 518. The molecule has 108 valence electrons. The highest BCUT2D eigenvalue weighted by Crippen LogP contribution is 2.21. The smallest absolute Gasteiger partial charge is 0.325 e. The molecule has 1 atom stereocenters. The molecule has 1 unspecified atom stereocenters. The van der Waals surface area contributed by atoms with Gasteiger partial charge in [-0.25, -0.2) is 4.79 Å². The summed E-state index contributed by atoms with van der Waals surface area (Å²) in [5.41, 5.74) is -0.783. The molecule has 20 heavy (non-hydrogen) atoms. The first-order valence-electron chi connectivity index (χ1n) is 6.49. The highest BCUT2D eigenvalue weighted by Gasteiger charge is 2.46. The topological polar surface area (TPSA) is 58.6 Å². The van der Waals surface area contributed by atoms with Crippen LogP contribution < -0.4 is 10.1 Å². The van der Waals surface area contributed by atoms with Gasteiger partial charge in [-0.1, -0.05) is 22.9 Å². The largest absolute Gasteiger partial charge is 0.492 e. The molecule has 0 aliphatic carbocycles. The van der Waals surface area contributed by atoms with Crippen LogP contribution in [0.1, 0.15) is 20.3 Å². The number of amides is 3. The number of carbonyl (C=O) groups is 2. The first-order valence-corrected chi connectivity index (χ1v) is 7.28. The SMILES string of the molecule is CCC1(C)NC(=O)N(CCOc2ccc(Br)cc2)C1=O. The number of imide groups is 1. The highest BCUT2D eigenvalue weighted by atomic mass is 79.9. The molecule has 1 fully saturated rings. The monoisotopic (exact) mass is 340 g/mol. The number of ether oxygens (including phenoxy) is 1. The number of hydrogen-bond donors (Lipinski definition) is 1. The van der Waals surface area contributed by atoms with Crippen molar-refractivity contribution in [2.45, 2.75) is 25.8 Å². The fourth-order valence-corrected chi connectivity index (χ4v) is 2.24. The van der Waals surface area contributed by atoms with E-state index in [-0.39, 0.29) is 25.1 Å². The maximum absolute atomic E-state index is 12.1. The lowest BCUT2D eigenvalue weighted by molar-refractivity contribution is -0.131. The van der Waals surface area contributed by atoms with Crippen LogP contribution in [0.2, 0.25) is 0 Å². The van der Waals surface area contributed by atoms with E-state index in [1.807, 2.05) is 31.2 Å². The number of carbonyl (C=O) groups excluding carboxylic acids is 2. The number of hydrogen-bond acceptors (Lipinski definition) is 3. The molecule has 6 heteroatoms. The summed E-state index contributed by atoms with van der Waals surface area (Å²) in [4.78, 5) is 25.1. The third-order valence-electron chi connectivity index (χ3n) is 3.45. The van der Waals surface area contributed by atoms with Crippen LogP contribution in [0.4, 0.5) is 4.79 Å². The van der Waals surface area contributed by atoms with Gasteiger partial charge < -0.3 is 10.1 Å². The van der Waals surface area contributed by atoms with Crippen molar-refractivity contribution in [2.24, 2.45) is 0 Å². The fraction of sp³-hybridized carbons (Fsp3) is 0.429. The van der Waals surface area contributed by atoms with Crippen molar-refractivity contribution in [3.8, 4) is 5.75 Å². The summed E-state index contributed by atoms with van der Waals surface area (Å²) in [6, 6.07) is 7.05. The zero-order valence-electron chi connectivity index (χ0n) is 11.5. The quantitative estimate of drug-likeness (QED) is 0.838. The van der Waals surface area contributed by atoms with Crippen LogP contribution >= 0.6 is 15.9 Å². The van der Waals surface area contributed by atoms with Gasteiger partial charge in [0, 0.05) is 4.47 Å². The van der Waals surface area contributed by atoms with Crippen LogP contribution in [-0.2, 0) is 4.79 Å².